The van der Waals surface area contributed by atoms with Gasteiger partial charge < -0.3 is 24.2 Å². The lowest BCUT2D eigenvalue weighted by Gasteiger charge is -2.29. The summed E-state index contributed by atoms with van der Waals surface area (Å²) in [5.41, 5.74) is 1.00. The molecule has 5 atom stereocenters. The first-order valence-corrected chi connectivity index (χ1v) is 9.62. The minimum Gasteiger partial charge on any atom is -0.387 e. The lowest BCUT2D eigenvalue weighted by molar-refractivity contribution is -0.216. The number of fused-ring (bicyclic) bond motifs is 1. The third-order valence-electron chi connectivity index (χ3n) is 4.61. The van der Waals surface area contributed by atoms with E-state index in [9.17, 15) is 9.90 Å². The van der Waals surface area contributed by atoms with Crippen LogP contribution in [-0.2, 0) is 19.0 Å². The van der Waals surface area contributed by atoms with Crippen molar-refractivity contribution in [3.8, 4) is 0 Å². The Morgan fingerprint density at radius 3 is 2.72 bits per heavy atom. The maximum absolute atomic E-state index is 12.3. The number of hydrogen-bond acceptors (Lipinski definition) is 6. The highest BCUT2D eigenvalue weighted by atomic mass is 35.5. The number of thioether (sulfide) groups is 1. The molecule has 136 valence electrons. The molecule has 3 aliphatic rings. The molecule has 0 bridgehead atoms. The molecule has 0 radical (unpaired) electrons. The van der Waals surface area contributed by atoms with Gasteiger partial charge in [-0.1, -0.05) is 23.7 Å². The standard InChI is InChI=1S/C17H20ClNO5S/c1-17(2)23-14-13(21)11(22-16(14)24-17)7-19-12(20)8-25-15(19)9-3-5-10(18)6-4-9/h3-6,11,13-16,21H,7-8H2,1-2H3/t11-,13+,14-,15-,16-/m1/s1. The molecule has 1 N–H and O–H groups in total. The van der Waals surface area contributed by atoms with Gasteiger partial charge in [0.2, 0.25) is 5.91 Å². The largest absolute Gasteiger partial charge is 0.387 e. The number of ether oxygens (including phenoxy) is 3. The lowest BCUT2D eigenvalue weighted by atomic mass is 10.1. The van der Waals surface area contributed by atoms with Gasteiger partial charge in [0.1, 0.15) is 23.7 Å². The zero-order valence-electron chi connectivity index (χ0n) is 13.9. The Morgan fingerprint density at radius 2 is 2.04 bits per heavy atom. The van der Waals surface area contributed by atoms with E-state index in [4.69, 9.17) is 25.8 Å². The Morgan fingerprint density at radius 1 is 1.32 bits per heavy atom. The normalized spacial score (nSPS) is 36.9. The second-order valence-electron chi connectivity index (χ2n) is 6.89. The summed E-state index contributed by atoms with van der Waals surface area (Å²) in [6.07, 6.45) is -2.51. The second-order valence-corrected chi connectivity index (χ2v) is 8.40. The van der Waals surface area contributed by atoms with Crippen molar-refractivity contribution in [3.63, 3.8) is 0 Å². The predicted molar refractivity (Wildman–Crippen MR) is 93.1 cm³/mol. The molecular formula is C17H20ClNO5S. The summed E-state index contributed by atoms with van der Waals surface area (Å²) in [4.78, 5) is 14.1. The van der Waals surface area contributed by atoms with E-state index < -0.39 is 30.4 Å². The van der Waals surface area contributed by atoms with Crippen LogP contribution < -0.4 is 0 Å². The molecule has 0 aliphatic carbocycles. The molecule has 0 unspecified atom stereocenters. The number of aliphatic hydroxyl groups excluding tert-OH is 1. The summed E-state index contributed by atoms with van der Waals surface area (Å²) in [6.45, 7) is 3.86. The van der Waals surface area contributed by atoms with Gasteiger partial charge in [-0.2, -0.15) is 0 Å². The molecule has 3 saturated heterocycles. The average Bonchev–Trinajstić information content (AvgIpc) is 3.15. The molecule has 1 aromatic carbocycles. The average molecular weight is 386 g/mol. The molecule has 6 nitrogen and oxygen atoms in total. The van der Waals surface area contributed by atoms with Crippen LogP contribution in [0.25, 0.3) is 0 Å². The van der Waals surface area contributed by atoms with Gasteiger partial charge in [0.05, 0.1) is 12.3 Å². The van der Waals surface area contributed by atoms with E-state index in [1.807, 2.05) is 24.3 Å². The summed E-state index contributed by atoms with van der Waals surface area (Å²) >= 11 is 7.51. The number of aliphatic hydroxyl groups is 1. The molecule has 1 amide bonds. The molecule has 3 aliphatic heterocycles. The van der Waals surface area contributed by atoms with Gasteiger partial charge in [-0.15, -0.1) is 11.8 Å². The van der Waals surface area contributed by atoms with Crippen molar-refractivity contribution < 1.29 is 24.1 Å². The van der Waals surface area contributed by atoms with Crippen LogP contribution in [0.5, 0.6) is 0 Å². The van der Waals surface area contributed by atoms with Crippen LogP contribution in [0.4, 0.5) is 0 Å². The van der Waals surface area contributed by atoms with Gasteiger partial charge in [-0.25, -0.2) is 0 Å². The Bertz CT molecular complexity index is 670. The van der Waals surface area contributed by atoms with Crippen LogP contribution in [0.2, 0.25) is 5.02 Å². The Labute approximate surface area is 155 Å². The third-order valence-corrected chi connectivity index (χ3v) is 6.12. The molecule has 1 aromatic rings. The number of hydrogen-bond donors (Lipinski definition) is 1. The minimum atomic E-state index is -0.837. The quantitative estimate of drug-likeness (QED) is 0.859. The van der Waals surface area contributed by atoms with E-state index in [2.05, 4.69) is 0 Å². The van der Waals surface area contributed by atoms with Crippen molar-refractivity contribution in [2.45, 2.75) is 49.6 Å². The van der Waals surface area contributed by atoms with Crippen LogP contribution in [0, 0.1) is 0 Å². The van der Waals surface area contributed by atoms with Crippen molar-refractivity contribution in [3.05, 3.63) is 34.9 Å². The summed E-state index contributed by atoms with van der Waals surface area (Å²) in [7, 11) is 0. The summed E-state index contributed by atoms with van der Waals surface area (Å²) in [5.74, 6) is -0.338. The summed E-state index contributed by atoms with van der Waals surface area (Å²) in [5, 5.41) is 11.1. The zero-order valence-corrected chi connectivity index (χ0v) is 15.5. The Balaban J connectivity index is 1.48. The number of carbonyl (C=O) groups excluding carboxylic acids is 1. The first-order valence-electron chi connectivity index (χ1n) is 8.20. The van der Waals surface area contributed by atoms with Crippen LogP contribution in [0.3, 0.4) is 0 Å². The van der Waals surface area contributed by atoms with E-state index in [1.165, 1.54) is 0 Å². The fraction of sp³-hybridized carbons (Fsp3) is 0.588. The van der Waals surface area contributed by atoms with Crippen LogP contribution in [0.15, 0.2) is 24.3 Å². The molecular weight excluding hydrogens is 366 g/mol. The van der Waals surface area contributed by atoms with Crippen molar-refractivity contribution >= 4 is 29.3 Å². The van der Waals surface area contributed by atoms with E-state index in [-0.39, 0.29) is 11.3 Å². The number of rotatable bonds is 3. The number of amides is 1. The molecule has 3 heterocycles. The van der Waals surface area contributed by atoms with Crippen LogP contribution in [-0.4, -0.2) is 58.6 Å². The third kappa shape index (κ3) is 3.29. The SMILES string of the molecule is CC1(C)O[C@H]2O[C@H](CN3C(=O)CS[C@@H]3c3ccc(Cl)cc3)[C@H](O)[C@H]2O1. The number of benzene rings is 1. The second kappa shape index (κ2) is 6.40. The maximum atomic E-state index is 12.3. The molecule has 8 heteroatoms. The molecule has 0 aromatic heterocycles. The van der Waals surface area contributed by atoms with E-state index in [0.29, 0.717) is 17.3 Å². The maximum Gasteiger partial charge on any atom is 0.233 e. The van der Waals surface area contributed by atoms with Gasteiger partial charge >= 0.3 is 0 Å². The highest BCUT2D eigenvalue weighted by molar-refractivity contribution is 8.00. The predicted octanol–water partition coefficient (Wildman–Crippen LogP) is 2.15. The van der Waals surface area contributed by atoms with Crippen molar-refractivity contribution in [1.82, 2.24) is 4.90 Å². The van der Waals surface area contributed by atoms with E-state index >= 15 is 0 Å². The number of nitrogens with zero attached hydrogens (tertiary/aromatic N) is 1. The minimum absolute atomic E-state index is 0.0278. The molecule has 25 heavy (non-hydrogen) atoms. The monoisotopic (exact) mass is 385 g/mol. The number of carbonyl (C=O) groups is 1. The fourth-order valence-electron chi connectivity index (χ4n) is 3.46. The van der Waals surface area contributed by atoms with Gasteiger partial charge in [-0.05, 0) is 31.5 Å². The van der Waals surface area contributed by atoms with Crippen LogP contribution in [0.1, 0.15) is 24.8 Å². The Kier molecular flexibility index (Phi) is 4.50. The number of halogens is 1. The fourth-order valence-corrected chi connectivity index (χ4v) is 4.78. The smallest absolute Gasteiger partial charge is 0.233 e. The van der Waals surface area contributed by atoms with Gasteiger partial charge in [0.25, 0.3) is 0 Å². The van der Waals surface area contributed by atoms with Gasteiger partial charge in [0.15, 0.2) is 12.1 Å². The summed E-state index contributed by atoms with van der Waals surface area (Å²) < 4.78 is 17.2. The highest BCUT2D eigenvalue weighted by Gasteiger charge is 2.55. The van der Waals surface area contributed by atoms with Crippen molar-refractivity contribution in [2.24, 2.45) is 0 Å². The first-order chi connectivity index (χ1) is 11.8. The molecule has 0 saturated carbocycles. The van der Waals surface area contributed by atoms with E-state index in [1.54, 1.807) is 30.5 Å². The molecule has 0 spiro atoms. The Hall–Kier alpha value is -0.830. The van der Waals surface area contributed by atoms with Crippen LogP contribution >= 0.6 is 23.4 Å². The van der Waals surface area contributed by atoms with Crippen molar-refractivity contribution in [1.29, 1.82) is 0 Å². The van der Waals surface area contributed by atoms with Gasteiger partial charge in [0, 0.05) is 5.02 Å². The first kappa shape index (κ1) is 17.6. The molecule has 3 fully saturated rings. The van der Waals surface area contributed by atoms with Gasteiger partial charge in [-0.3, -0.25) is 4.79 Å². The van der Waals surface area contributed by atoms with Crippen molar-refractivity contribution in [2.75, 3.05) is 12.3 Å². The van der Waals surface area contributed by atoms with E-state index in [0.717, 1.165) is 5.56 Å². The lowest BCUT2D eigenvalue weighted by Crippen LogP contribution is -2.43. The summed E-state index contributed by atoms with van der Waals surface area (Å²) in [6, 6.07) is 7.46. The molecule has 4 rings (SSSR count). The highest BCUT2D eigenvalue weighted by Crippen LogP contribution is 2.42. The zero-order chi connectivity index (χ0) is 17.8. The topological polar surface area (TPSA) is 68.2 Å².